The quantitative estimate of drug-likeness (QED) is 0.396. The van der Waals surface area contributed by atoms with Crippen molar-refractivity contribution in [3.05, 3.63) is 47.2 Å². The van der Waals surface area contributed by atoms with Crippen LogP contribution >= 0.6 is 0 Å². The minimum Gasteiger partial charge on any atom is -0.387 e. The molecule has 4 fully saturated rings. The number of fused-ring (bicyclic) bond motifs is 5. The summed E-state index contributed by atoms with van der Waals surface area (Å²) < 4.78 is 0. The van der Waals surface area contributed by atoms with Gasteiger partial charge in [-0.15, -0.1) is 0 Å². The minimum atomic E-state index is -0.256. The van der Waals surface area contributed by atoms with E-state index in [1.165, 1.54) is 55.3 Å². The topological polar surface area (TPSA) is 58.2 Å². The Kier molecular flexibility index (Phi) is 7.47. The van der Waals surface area contributed by atoms with E-state index in [2.05, 4.69) is 69.5 Å². The monoisotopic (exact) mass is 558 g/mol. The van der Waals surface area contributed by atoms with Gasteiger partial charge in [-0.05, 0) is 84.7 Å². The van der Waals surface area contributed by atoms with E-state index in [1.807, 2.05) is 6.08 Å². The molecule has 1 aromatic rings. The van der Waals surface area contributed by atoms with Gasteiger partial charge in [-0.25, -0.2) is 0 Å². The second-order valence-electron chi connectivity index (χ2n) is 16.0. The molecule has 1 aromatic carbocycles. The largest absolute Gasteiger partial charge is 0.387 e. The highest BCUT2D eigenvalue weighted by molar-refractivity contribution is 5.91. The van der Waals surface area contributed by atoms with Crippen LogP contribution in [0.4, 0.5) is 0 Å². The van der Waals surface area contributed by atoms with Gasteiger partial charge in [0, 0.05) is 36.1 Å². The molecule has 6 rings (SSSR count). The molecule has 1 saturated heterocycles. The van der Waals surface area contributed by atoms with Crippen molar-refractivity contribution in [2.24, 2.45) is 34.5 Å². The van der Waals surface area contributed by atoms with E-state index in [1.54, 1.807) is 0 Å². The molecule has 0 bridgehead atoms. The number of amides is 1. The summed E-state index contributed by atoms with van der Waals surface area (Å²) in [4.78, 5) is 26.7. The van der Waals surface area contributed by atoms with E-state index in [4.69, 9.17) is 0 Å². The smallest absolute Gasteiger partial charge is 0.224 e. The molecule has 0 spiro atoms. The van der Waals surface area contributed by atoms with Crippen molar-refractivity contribution >= 4 is 11.7 Å². The summed E-state index contributed by atoms with van der Waals surface area (Å²) in [7, 11) is 0. The first-order valence-corrected chi connectivity index (χ1v) is 16.9. The SMILES string of the molecule is CC(C)(C)c1ccc(C2(NC(=O)[C@H]3CC[C@H]4[C@@H]5CNC6=CC(=O)CC[C@]6(C)[C@H]5CC[C@]34C)CCCCCCC2)cc1. The van der Waals surface area contributed by atoms with Crippen LogP contribution in [-0.2, 0) is 20.5 Å². The van der Waals surface area contributed by atoms with Crippen molar-refractivity contribution in [1.29, 1.82) is 0 Å². The van der Waals surface area contributed by atoms with Crippen LogP contribution in [0.5, 0.6) is 0 Å². The van der Waals surface area contributed by atoms with Gasteiger partial charge in [-0.3, -0.25) is 9.59 Å². The summed E-state index contributed by atoms with van der Waals surface area (Å²) in [6, 6.07) is 9.24. The average Bonchev–Trinajstić information content (AvgIpc) is 3.28. The zero-order valence-corrected chi connectivity index (χ0v) is 26.4. The summed E-state index contributed by atoms with van der Waals surface area (Å²) in [5.74, 6) is 2.44. The number of benzene rings is 1. The van der Waals surface area contributed by atoms with Gasteiger partial charge in [-0.1, -0.05) is 91.0 Å². The first-order chi connectivity index (χ1) is 19.5. The third-order valence-corrected chi connectivity index (χ3v) is 12.8. The lowest BCUT2D eigenvalue weighted by Crippen LogP contribution is -2.58. The second kappa shape index (κ2) is 10.6. The highest BCUT2D eigenvalue weighted by Crippen LogP contribution is 2.64. The molecule has 0 aromatic heterocycles. The van der Waals surface area contributed by atoms with Gasteiger partial charge in [-0.2, -0.15) is 0 Å². The molecule has 4 aliphatic carbocycles. The summed E-state index contributed by atoms with van der Waals surface area (Å²) in [6.07, 6.45) is 16.3. The fraction of sp³-hybridized carbons (Fsp3) is 0.730. The first kappa shape index (κ1) is 29.0. The summed E-state index contributed by atoms with van der Waals surface area (Å²) >= 11 is 0. The Morgan fingerprint density at radius 1 is 0.878 bits per heavy atom. The highest BCUT2D eigenvalue weighted by Gasteiger charge is 2.60. The lowest BCUT2D eigenvalue weighted by molar-refractivity contribution is -0.135. The summed E-state index contributed by atoms with van der Waals surface area (Å²) in [5, 5.41) is 7.53. The maximum Gasteiger partial charge on any atom is 0.224 e. The Balaban J connectivity index is 1.25. The minimum absolute atomic E-state index is 0.0495. The molecule has 6 atom stereocenters. The highest BCUT2D eigenvalue weighted by atomic mass is 16.2. The van der Waals surface area contributed by atoms with E-state index in [0.29, 0.717) is 30.1 Å². The fourth-order valence-electron chi connectivity index (χ4n) is 10.2. The predicted molar refractivity (Wildman–Crippen MR) is 166 cm³/mol. The third kappa shape index (κ3) is 4.99. The van der Waals surface area contributed by atoms with Gasteiger partial charge in [0.1, 0.15) is 0 Å². The van der Waals surface area contributed by atoms with E-state index in [0.717, 1.165) is 45.1 Å². The van der Waals surface area contributed by atoms with Crippen LogP contribution in [0.3, 0.4) is 0 Å². The van der Waals surface area contributed by atoms with Crippen LogP contribution in [0.2, 0.25) is 0 Å². The lowest BCUT2D eigenvalue weighted by atomic mass is 9.50. The van der Waals surface area contributed by atoms with Gasteiger partial charge in [0.15, 0.2) is 5.78 Å². The number of nitrogens with one attached hydrogen (secondary N) is 2. The lowest BCUT2D eigenvalue weighted by Gasteiger charge is -2.58. The number of piperidine rings is 1. The molecule has 224 valence electrons. The molecule has 2 N–H and O–H groups in total. The van der Waals surface area contributed by atoms with Crippen LogP contribution in [0.25, 0.3) is 0 Å². The van der Waals surface area contributed by atoms with Gasteiger partial charge in [0.2, 0.25) is 5.91 Å². The molecule has 4 nitrogen and oxygen atoms in total. The zero-order valence-electron chi connectivity index (χ0n) is 26.4. The maximum atomic E-state index is 14.5. The van der Waals surface area contributed by atoms with Crippen molar-refractivity contribution in [3.8, 4) is 0 Å². The summed E-state index contributed by atoms with van der Waals surface area (Å²) in [6.45, 7) is 12.6. The number of carbonyl (C=O) groups is 2. The number of rotatable bonds is 3. The Morgan fingerprint density at radius 3 is 2.24 bits per heavy atom. The van der Waals surface area contributed by atoms with Gasteiger partial charge < -0.3 is 10.6 Å². The van der Waals surface area contributed by atoms with Crippen LogP contribution in [0, 0.1) is 34.5 Å². The molecular weight excluding hydrogens is 504 g/mol. The molecule has 1 aliphatic heterocycles. The Morgan fingerprint density at radius 2 is 1.56 bits per heavy atom. The Labute approximate surface area is 248 Å². The standard InChI is InChI=1S/C37H54N2O2/c1-34(2,3)25-11-13-26(14-12-25)37(19-9-7-6-8-10-20-37)39-33(41)31-16-15-29-28-24-38-32-23-27(40)17-21-36(32,5)30(28)18-22-35(29,31)4/h11-14,23,28-31,38H,6-10,15-22,24H2,1-5H3,(H,39,41)/t28-,29-,30-,31+,35-,36+/m0/s1. The maximum absolute atomic E-state index is 14.5. The van der Waals surface area contributed by atoms with E-state index in [-0.39, 0.29) is 33.5 Å². The first-order valence-electron chi connectivity index (χ1n) is 16.9. The van der Waals surface area contributed by atoms with Crippen LogP contribution in [-0.4, -0.2) is 18.2 Å². The number of hydrogen-bond acceptors (Lipinski definition) is 3. The molecule has 3 saturated carbocycles. The van der Waals surface area contributed by atoms with Crippen molar-refractivity contribution in [1.82, 2.24) is 10.6 Å². The third-order valence-electron chi connectivity index (χ3n) is 12.8. The average molecular weight is 559 g/mol. The van der Waals surface area contributed by atoms with Crippen molar-refractivity contribution in [2.45, 2.75) is 129 Å². The molecule has 4 heteroatoms. The van der Waals surface area contributed by atoms with Crippen LogP contribution in [0.1, 0.15) is 129 Å². The fourth-order valence-corrected chi connectivity index (χ4v) is 10.2. The molecule has 0 unspecified atom stereocenters. The normalized spacial score (nSPS) is 36.9. The number of carbonyl (C=O) groups excluding carboxylic acids is 2. The predicted octanol–water partition coefficient (Wildman–Crippen LogP) is 7.95. The molecule has 41 heavy (non-hydrogen) atoms. The molecular formula is C37H54N2O2. The van der Waals surface area contributed by atoms with E-state index >= 15 is 0 Å². The molecule has 1 amide bonds. The van der Waals surface area contributed by atoms with Crippen molar-refractivity contribution in [2.75, 3.05) is 6.54 Å². The van der Waals surface area contributed by atoms with Crippen molar-refractivity contribution < 1.29 is 9.59 Å². The van der Waals surface area contributed by atoms with Gasteiger partial charge in [0.05, 0.1) is 5.54 Å². The number of hydrogen-bond donors (Lipinski definition) is 2. The van der Waals surface area contributed by atoms with Crippen molar-refractivity contribution in [3.63, 3.8) is 0 Å². The Hall–Kier alpha value is -2.10. The summed E-state index contributed by atoms with van der Waals surface area (Å²) in [5.41, 5.74) is 3.85. The molecule has 5 aliphatic rings. The second-order valence-corrected chi connectivity index (χ2v) is 16.0. The van der Waals surface area contributed by atoms with Gasteiger partial charge >= 0.3 is 0 Å². The Bertz CT molecular complexity index is 1180. The zero-order chi connectivity index (χ0) is 29.0. The van der Waals surface area contributed by atoms with Gasteiger partial charge in [0.25, 0.3) is 0 Å². The molecule has 1 heterocycles. The number of ketones is 1. The van der Waals surface area contributed by atoms with E-state index < -0.39 is 0 Å². The van der Waals surface area contributed by atoms with Crippen LogP contribution < -0.4 is 10.6 Å². The number of allylic oxidation sites excluding steroid dienone is 2. The van der Waals surface area contributed by atoms with Crippen LogP contribution in [0.15, 0.2) is 36.0 Å². The molecule has 0 radical (unpaired) electrons. The van der Waals surface area contributed by atoms with E-state index in [9.17, 15) is 9.59 Å².